The summed E-state index contributed by atoms with van der Waals surface area (Å²) in [7, 11) is 0. The minimum atomic E-state index is -1.05. The van der Waals surface area contributed by atoms with Crippen LogP contribution in [0.25, 0.3) is 0 Å². The van der Waals surface area contributed by atoms with Gasteiger partial charge >= 0.3 is 5.97 Å². The molecule has 0 radical (unpaired) electrons. The maximum Gasteiger partial charge on any atom is 0.320 e. The van der Waals surface area contributed by atoms with Crippen LogP contribution < -0.4 is 5.73 Å². The lowest BCUT2D eigenvalue weighted by atomic mass is 10.2. The van der Waals surface area contributed by atoms with Gasteiger partial charge in [-0.05, 0) is 11.4 Å². The number of carboxylic acid groups (broad SMARTS) is 1. The van der Waals surface area contributed by atoms with Crippen LogP contribution in [0.3, 0.4) is 0 Å². The second-order valence-electron chi connectivity index (χ2n) is 3.75. The van der Waals surface area contributed by atoms with Crippen LogP contribution in [-0.2, 0) is 17.8 Å². The van der Waals surface area contributed by atoms with Crippen molar-refractivity contribution in [1.82, 2.24) is 15.0 Å². The lowest BCUT2D eigenvalue weighted by Gasteiger charge is -2.01. The highest BCUT2D eigenvalue weighted by Crippen LogP contribution is 2.22. The summed E-state index contributed by atoms with van der Waals surface area (Å²) in [6.07, 6.45) is 1.84. The largest absolute Gasteiger partial charge is 0.480 e. The number of thiophene rings is 1. The van der Waals surface area contributed by atoms with Gasteiger partial charge in [0.25, 0.3) is 0 Å². The third kappa shape index (κ3) is 3.06. The molecule has 8 heteroatoms. The summed E-state index contributed by atoms with van der Waals surface area (Å²) in [6, 6.07) is 0.861. The molecule has 0 saturated heterocycles. The highest BCUT2D eigenvalue weighted by Gasteiger charge is 2.14. The summed E-state index contributed by atoms with van der Waals surface area (Å²) in [4.78, 5) is 11.6. The summed E-state index contributed by atoms with van der Waals surface area (Å²) in [5.74, 6) is -1.05. The Hall–Kier alpha value is -1.44. The zero-order chi connectivity index (χ0) is 13.1. The van der Waals surface area contributed by atoms with Crippen molar-refractivity contribution < 1.29 is 9.90 Å². The number of carboxylic acids is 1. The van der Waals surface area contributed by atoms with Crippen LogP contribution in [-0.4, -0.2) is 32.1 Å². The molecule has 18 heavy (non-hydrogen) atoms. The Morgan fingerprint density at radius 2 is 2.44 bits per heavy atom. The van der Waals surface area contributed by atoms with Crippen molar-refractivity contribution in [2.75, 3.05) is 0 Å². The minimum Gasteiger partial charge on any atom is -0.480 e. The van der Waals surface area contributed by atoms with Gasteiger partial charge in [-0.1, -0.05) is 16.8 Å². The van der Waals surface area contributed by atoms with Crippen molar-refractivity contribution in [2.45, 2.75) is 19.0 Å². The van der Waals surface area contributed by atoms with Gasteiger partial charge in [0.05, 0.1) is 17.3 Å². The van der Waals surface area contributed by atoms with Crippen molar-refractivity contribution in [3.8, 4) is 0 Å². The normalized spacial score (nSPS) is 12.6. The molecule has 0 aliphatic carbocycles. The van der Waals surface area contributed by atoms with Crippen molar-refractivity contribution in [3.63, 3.8) is 0 Å². The highest BCUT2D eigenvalue weighted by molar-refractivity contribution is 7.10. The molecular weight excluding hydrogens is 276 g/mol. The summed E-state index contributed by atoms with van der Waals surface area (Å²) in [5.41, 5.74) is 5.98. The van der Waals surface area contributed by atoms with Gasteiger partial charge in [-0.25, -0.2) is 4.68 Å². The molecule has 96 valence electrons. The van der Waals surface area contributed by atoms with Crippen molar-refractivity contribution in [3.05, 3.63) is 33.2 Å². The number of aromatic nitrogens is 3. The monoisotopic (exact) mass is 286 g/mol. The number of hydrogen-bond donors (Lipinski definition) is 2. The molecule has 1 atom stereocenters. The molecular formula is C10H11ClN4O2S. The second kappa shape index (κ2) is 5.47. The number of nitrogens with two attached hydrogens (primary N) is 1. The molecule has 0 aliphatic rings. The topological polar surface area (TPSA) is 94.0 Å². The van der Waals surface area contributed by atoms with E-state index in [1.807, 2.05) is 11.4 Å². The first-order valence-electron chi connectivity index (χ1n) is 5.15. The predicted octanol–water partition coefficient (Wildman–Crippen LogP) is 0.996. The maximum atomic E-state index is 10.6. The number of rotatable bonds is 5. The number of nitrogens with zero attached hydrogens (tertiary/aromatic N) is 3. The fraction of sp³-hybridized carbons (Fsp3) is 0.300. The predicted molar refractivity (Wildman–Crippen MR) is 67.8 cm³/mol. The Bertz CT molecular complexity index is 554. The molecule has 2 aromatic rings. The summed E-state index contributed by atoms with van der Waals surface area (Å²) in [6.45, 7) is 0.520. The van der Waals surface area contributed by atoms with E-state index in [0.717, 1.165) is 4.88 Å². The van der Waals surface area contributed by atoms with Crippen LogP contribution in [0.4, 0.5) is 0 Å². The molecule has 0 spiro atoms. The van der Waals surface area contributed by atoms with E-state index in [1.54, 1.807) is 10.9 Å². The number of halogens is 1. The van der Waals surface area contributed by atoms with Gasteiger partial charge in [-0.2, -0.15) is 0 Å². The van der Waals surface area contributed by atoms with Crippen LogP contribution in [0.15, 0.2) is 17.6 Å². The average molecular weight is 287 g/mol. The molecule has 2 rings (SSSR count). The van der Waals surface area contributed by atoms with E-state index in [0.29, 0.717) is 17.3 Å². The molecule has 0 fully saturated rings. The van der Waals surface area contributed by atoms with E-state index < -0.39 is 12.0 Å². The first-order valence-corrected chi connectivity index (χ1v) is 6.41. The van der Waals surface area contributed by atoms with Gasteiger partial charge in [0.2, 0.25) is 0 Å². The Labute approximate surface area is 112 Å². The third-order valence-corrected chi connectivity index (χ3v) is 3.70. The van der Waals surface area contributed by atoms with E-state index in [2.05, 4.69) is 10.3 Å². The fourth-order valence-corrected chi connectivity index (χ4v) is 2.49. The van der Waals surface area contributed by atoms with Crippen molar-refractivity contribution >= 4 is 28.9 Å². The smallest absolute Gasteiger partial charge is 0.320 e. The van der Waals surface area contributed by atoms with Gasteiger partial charge in [0.1, 0.15) is 6.04 Å². The van der Waals surface area contributed by atoms with Gasteiger partial charge in [-0.3, -0.25) is 4.79 Å². The summed E-state index contributed by atoms with van der Waals surface area (Å²) >= 11 is 7.51. The Morgan fingerprint density at radius 1 is 1.67 bits per heavy atom. The molecule has 1 unspecified atom stereocenters. The Morgan fingerprint density at radius 3 is 3.06 bits per heavy atom. The van der Waals surface area contributed by atoms with Crippen LogP contribution in [0.1, 0.15) is 10.6 Å². The Kier molecular flexibility index (Phi) is 3.95. The SMILES string of the molecule is NC(Cc1cn(Cc2sccc2Cl)nn1)C(=O)O. The van der Waals surface area contributed by atoms with E-state index in [-0.39, 0.29) is 6.42 Å². The first kappa shape index (κ1) is 13.0. The maximum absolute atomic E-state index is 10.6. The molecule has 3 N–H and O–H groups in total. The lowest BCUT2D eigenvalue weighted by molar-refractivity contribution is -0.138. The molecule has 0 aromatic carbocycles. The van der Waals surface area contributed by atoms with Gasteiger partial charge in [-0.15, -0.1) is 16.4 Å². The van der Waals surface area contributed by atoms with Crippen LogP contribution in [0.2, 0.25) is 5.02 Å². The van der Waals surface area contributed by atoms with Gasteiger partial charge in [0.15, 0.2) is 0 Å². The van der Waals surface area contributed by atoms with E-state index in [4.69, 9.17) is 22.4 Å². The van der Waals surface area contributed by atoms with Crippen LogP contribution in [0, 0.1) is 0 Å². The van der Waals surface area contributed by atoms with Crippen molar-refractivity contribution in [2.24, 2.45) is 5.73 Å². The second-order valence-corrected chi connectivity index (χ2v) is 5.16. The third-order valence-electron chi connectivity index (χ3n) is 2.33. The number of carbonyl (C=O) groups is 1. The zero-order valence-electron chi connectivity index (χ0n) is 9.28. The van der Waals surface area contributed by atoms with Crippen LogP contribution >= 0.6 is 22.9 Å². The van der Waals surface area contributed by atoms with E-state index >= 15 is 0 Å². The average Bonchev–Trinajstić information content (AvgIpc) is 2.90. The lowest BCUT2D eigenvalue weighted by Crippen LogP contribution is -2.32. The molecule has 0 saturated carbocycles. The van der Waals surface area contributed by atoms with Crippen molar-refractivity contribution in [1.29, 1.82) is 0 Å². The minimum absolute atomic E-state index is 0.160. The highest BCUT2D eigenvalue weighted by atomic mass is 35.5. The fourth-order valence-electron chi connectivity index (χ4n) is 1.41. The molecule has 6 nitrogen and oxygen atoms in total. The number of aliphatic carboxylic acids is 1. The molecule has 0 bridgehead atoms. The van der Waals surface area contributed by atoms with Crippen LogP contribution in [0.5, 0.6) is 0 Å². The molecule has 0 aliphatic heterocycles. The molecule has 0 amide bonds. The van der Waals surface area contributed by atoms with Gasteiger partial charge < -0.3 is 10.8 Å². The van der Waals surface area contributed by atoms with E-state index in [9.17, 15) is 4.79 Å². The zero-order valence-corrected chi connectivity index (χ0v) is 10.9. The summed E-state index contributed by atoms with van der Waals surface area (Å²) in [5, 5.41) is 19.1. The number of hydrogen-bond acceptors (Lipinski definition) is 5. The first-order chi connectivity index (χ1) is 8.56. The summed E-state index contributed by atoms with van der Waals surface area (Å²) < 4.78 is 1.61. The van der Waals surface area contributed by atoms with Gasteiger partial charge in [0, 0.05) is 17.5 Å². The van der Waals surface area contributed by atoms with E-state index in [1.165, 1.54) is 11.3 Å². The quantitative estimate of drug-likeness (QED) is 0.855. The molecule has 2 heterocycles. The molecule has 2 aromatic heterocycles. The standard InChI is InChI=1S/C10H11ClN4O2S/c11-7-1-2-18-9(7)5-15-4-6(13-14-15)3-8(12)10(16)17/h1-2,4,8H,3,5,12H2,(H,16,17). The Balaban J connectivity index is 2.02.